The molecular formula is C30H35ClFN3O4S. The highest BCUT2D eigenvalue weighted by Gasteiger charge is 2.34. The van der Waals surface area contributed by atoms with E-state index in [9.17, 15) is 22.4 Å². The molecule has 214 valence electrons. The molecule has 0 saturated carbocycles. The number of nitrogens with one attached hydrogen (secondary N) is 1. The minimum absolute atomic E-state index is 0.0160. The van der Waals surface area contributed by atoms with Crippen LogP contribution in [0.15, 0.2) is 77.7 Å². The molecule has 0 aliphatic rings. The summed E-state index contributed by atoms with van der Waals surface area (Å²) in [4.78, 5) is 28.7. The predicted molar refractivity (Wildman–Crippen MR) is 156 cm³/mol. The van der Waals surface area contributed by atoms with E-state index in [-0.39, 0.29) is 23.8 Å². The van der Waals surface area contributed by atoms with Crippen LogP contribution >= 0.6 is 11.6 Å². The summed E-state index contributed by atoms with van der Waals surface area (Å²) in [7, 11) is -4.20. The Morgan fingerprint density at radius 3 is 2.17 bits per heavy atom. The lowest BCUT2D eigenvalue weighted by Gasteiger charge is -2.34. The van der Waals surface area contributed by atoms with Gasteiger partial charge in [-0.2, -0.15) is 0 Å². The van der Waals surface area contributed by atoms with E-state index in [1.165, 1.54) is 53.4 Å². The van der Waals surface area contributed by atoms with Crippen LogP contribution < -0.4 is 9.62 Å². The summed E-state index contributed by atoms with van der Waals surface area (Å²) in [6.07, 6.45) is 0.281. The number of benzene rings is 3. The molecule has 10 heteroatoms. The Hall–Kier alpha value is -3.43. The SMILES string of the molecule is CC[C@@H](C(=O)NC(C)(C)C)N(Cc1ccc(F)cc1)C(=O)CN(c1cccc(C)c1)S(=O)(=O)c1ccc(Cl)cc1. The Balaban J connectivity index is 2.07. The van der Waals surface area contributed by atoms with Crippen molar-refractivity contribution in [3.8, 4) is 0 Å². The molecule has 1 N–H and O–H groups in total. The predicted octanol–water partition coefficient (Wildman–Crippen LogP) is 5.70. The van der Waals surface area contributed by atoms with Gasteiger partial charge >= 0.3 is 0 Å². The lowest BCUT2D eigenvalue weighted by Crippen LogP contribution is -2.55. The van der Waals surface area contributed by atoms with Crippen molar-refractivity contribution < 1.29 is 22.4 Å². The average Bonchev–Trinajstić information content (AvgIpc) is 2.87. The molecule has 2 amide bonds. The van der Waals surface area contributed by atoms with Gasteiger partial charge in [0.15, 0.2) is 0 Å². The third-order valence-corrected chi connectivity index (χ3v) is 8.16. The maximum absolute atomic E-state index is 14.0. The number of halogens is 2. The maximum atomic E-state index is 14.0. The summed E-state index contributed by atoms with van der Waals surface area (Å²) < 4.78 is 42.4. The monoisotopic (exact) mass is 587 g/mol. The smallest absolute Gasteiger partial charge is 0.264 e. The van der Waals surface area contributed by atoms with Crippen LogP contribution in [0.25, 0.3) is 0 Å². The van der Waals surface area contributed by atoms with Gasteiger partial charge in [-0.05, 0) is 93.8 Å². The third-order valence-electron chi connectivity index (χ3n) is 6.12. The molecule has 0 aromatic heterocycles. The Labute approximate surface area is 241 Å². The van der Waals surface area contributed by atoms with Crippen LogP contribution in [-0.4, -0.2) is 43.3 Å². The first kappa shape index (κ1) is 31.1. The second-order valence-electron chi connectivity index (χ2n) is 10.6. The van der Waals surface area contributed by atoms with Gasteiger partial charge in [0.05, 0.1) is 10.6 Å². The van der Waals surface area contributed by atoms with E-state index in [2.05, 4.69) is 5.32 Å². The van der Waals surface area contributed by atoms with Gasteiger partial charge in [0.1, 0.15) is 18.4 Å². The fraction of sp³-hybridized carbons (Fsp3) is 0.333. The molecule has 3 aromatic rings. The highest BCUT2D eigenvalue weighted by atomic mass is 35.5. The fourth-order valence-corrected chi connectivity index (χ4v) is 5.74. The Morgan fingerprint density at radius 2 is 1.62 bits per heavy atom. The first-order chi connectivity index (χ1) is 18.7. The topological polar surface area (TPSA) is 86.8 Å². The van der Waals surface area contributed by atoms with E-state index < -0.39 is 39.9 Å². The number of sulfonamides is 1. The van der Waals surface area contributed by atoms with Gasteiger partial charge < -0.3 is 10.2 Å². The molecule has 0 spiro atoms. The number of hydrogen-bond donors (Lipinski definition) is 1. The van der Waals surface area contributed by atoms with Crippen molar-refractivity contribution in [2.75, 3.05) is 10.8 Å². The van der Waals surface area contributed by atoms with Crippen molar-refractivity contribution in [2.24, 2.45) is 0 Å². The van der Waals surface area contributed by atoms with E-state index in [4.69, 9.17) is 11.6 Å². The van der Waals surface area contributed by atoms with Crippen LogP contribution in [0.1, 0.15) is 45.2 Å². The fourth-order valence-electron chi connectivity index (χ4n) is 4.20. The Kier molecular flexibility index (Phi) is 9.97. The molecule has 3 aromatic carbocycles. The number of anilines is 1. The van der Waals surface area contributed by atoms with Crippen molar-refractivity contribution in [3.63, 3.8) is 0 Å². The number of aryl methyl sites for hydroxylation is 1. The van der Waals surface area contributed by atoms with Gasteiger partial charge in [-0.1, -0.05) is 42.8 Å². The number of carbonyl (C=O) groups excluding carboxylic acids is 2. The average molecular weight is 588 g/mol. The second kappa shape index (κ2) is 12.8. The molecular weight excluding hydrogens is 553 g/mol. The molecule has 0 fully saturated rings. The lowest BCUT2D eigenvalue weighted by molar-refractivity contribution is -0.141. The minimum Gasteiger partial charge on any atom is -0.350 e. The van der Waals surface area contributed by atoms with Crippen LogP contribution in [0.2, 0.25) is 5.02 Å². The molecule has 0 heterocycles. The summed E-state index contributed by atoms with van der Waals surface area (Å²) >= 11 is 5.99. The van der Waals surface area contributed by atoms with E-state index in [0.717, 1.165) is 9.87 Å². The summed E-state index contributed by atoms with van der Waals surface area (Å²) in [5.74, 6) is -1.38. The Morgan fingerprint density at radius 1 is 1.00 bits per heavy atom. The number of hydrogen-bond acceptors (Lipinski definition) is 4. The highest BCUT2D eigenvalue weighted by Crippen LogP contribution is 2.26. The summed E-state index contributed by atoms with van der Waals surface area (Å²) in [6.45, 7) is 8.53. The van der Waals surface area contributed by atoms with E-state index >= 15 is 0 Å². The largest absolute Gasteiger partial charge is 0.350 e. The first-order valence-electron chi connectivity index (χ1n) is 12.9. The van der Waals surface area contributed by atoms with Crippen LogP contribution in [0.3, 0.4) is 0 Å². The number of nitrogens with zero attached hydrogens (tertiary/aromatic N) is 2. The quantitative estimate of drug-likeness (QED) is 0.329. The molecule has 0 aliphatic heterocycles. The molecule has 0 bridgehead atoms. The number of amides is 2. The molecule has 40 heavy (non-hydrogen) atoms. The van der Waals surface area contributed by atoms with Crippen molar-refractivity contribution in [2.45, 2.75) is 64.1 Å². The minimum atomic E-state index is -4.20. The molecule has 7 nitrogen and oxygen atoms in total. The van der Waals surface area contributed by atoms with Crippen LogP contribution in [0.4, 0.5) is 10.1 Å². The van der Waals surface area contributed by atoms with Crippen LogP contribution in [0.5, 0.6) is 0 Å². The van der Waals surface area contributed by atoms with Crippen molar-refractivity contribution in [1.29, 1.82) is 0 Å². The maximum Gasteiger partial charge on any atom is 0.264 e. The molecule has 1 atom stereocenters. The zero-order chi connectivity index (χ0) is 29.7. The van der Waals surface area contributed by atoms with E-state index in [1.54, 1.807) is 25.1 Å². The van der Waals surface area contributed by atoms with Gasteiger partial charge in [0, 0.05) is 17.1 Å². The first-order valence-corrected chi connectivity index (χ1v) is 14.7. The summed E-state index contributed by atoms with van der Waals surface area (Å²) in [5.41, 5.74) is 1.15. The molecule has 0 saturated heterocycles. The van der Waals surface area contributed by atoms with Gasteiger partial charge in [-0.25, -0.2) is 12.8 Å². The molecule has 3 rings (SSSR count). The van der Waals surface area contributed by atoms with Crippen LogP contribution in [0, 0.1) is 12.7 Å². The van der Waals surface area contributed by atoms with E-state index in [0.29, 0.717) is 16.3 Å². The molecule has 0 radical (unpaired) electrons. The van der Waals surface area contributed by atoms with E-state index in [1.807, 2.05) is 33.8 Å². The van der Waals surface area contributed by atoms with Gasteiger partial charge in [-0.15, -0.1) is 0 Å². The van der Waals surface area contributed by atoms with Crippen LogP contribution in [-0.2, 0) is 26.2 Å². The highest BCUT2D eigenvalue weighted by molar-refractivity contribution is 7.92. The lowest BCUT2D eigenvalue weighted by atomic mass is 10.1. The Bertz CT molecular complexity index is 1440. The summed E-state index contributed by atoms with van der Waals surface area (Å²) in [5, 5.41) is 3.29. The zero-order valence-corrected chi connectivity index (χ0v) is 24.9. The normalized spacial score (nSPS) is 12.5. The summed E-state index contributed by atoms with van der Waals surface area (Å²) in [6, 6.07) is 17.2. The van der Waals surface area contributed by atoms with Gasteiger partial charge in [0.25, 0.3) is 10.0 Å². The number of carbonyl (C=O) groups is 2. The molecule has 0 unspecified atom stereocenters. The number of rotatable bonds is 10. The van der Waals surface area contributed by atoms with Crippen molar-refractivity contribution in [3.05, 3.63) is 94.8 Å². The standard InChI is InChI=1S/C30H35ClFN3O4S/c1-6-27(29(37)33-30(3,4)5)34(19-22-10-14-24(32)15-11-22)28(36)20-35(25-9-7-8-21(2)18-25)40(38,39)26-16-12-23(31)13-17-26/h7-18,27H,6,19-20H2,1-5H3,(H,33,37)/t27-/m0/s1. The van der Waals surface area contributed by atoms with Crippen molar-refractivity contribution in [1.82, 2.24) is 10.2 Å². The van der Waals surface area contributed by atoms with Crippen molar-refractivity contribution >= 4 is 39.1 Å². The third kappa shape index (κ3) is 8.05. The zero-order valence-electron chi connectivity index (χ0n) is 23.3. The van der Waals surface area contributed by atoms with Gasteiger partial charge in [0.2, 0.25) is 11.8 Å². The molecule has 0 aliphatic carbocycles. The second-order valence-corrected chi connectivity index (χ2v) is 12.9. The van der Waals surface area contributed by atoms with Gasteiger partial charge in [-0.3, -0.25) is 13.9 Å².